The van der Waals surface area contributed by atoms with E-state index in [-0.39, 0.29) is 26.3 Å². The van der Waals surface area contributed by atoms with Crippen LogP contribution in [0, 0.1) is 0 Å². The number of alkyl halides is 5. The van der Waals surface area contributed by atoms with Gasteiger partial charge in [0, 0.05) is 30.6 Å². The van der Waals surface area contributed by atoms with Crippen LogP contribution in [0.25, 0.3) is 10.9 Å². The molecule has 1 fully saturated rings. The highest BCUT2D eigenvalue weighted by Crippen LogP contribution is 2.23. The Morgan fingerprint density at radius 2 is 1.63 bits per heavy atom. The van der Waals surface area contributed by atoms with Crippen molar-refractivity contribution in [2.24, 2.45) is 0 Å². The predicted molar refractivity (Wildman–Crippen MR) is 92.2 cm³/mol. The van der Waals surface area contributed by atoms with Crippen molar-refractivity contribution in [1.29, 1.82) is 0 Å². The molecule has 0 bridgehead atoms. The van der Waals surface area contributed by atoms with Crippen molar-refractivity contribution in [2.75, 3.05) is 26.3 Å². The lowest BCUT2D eigenvalue weighted by atomic mass is 10.2. The molecule has 3 rings (SSSR count). The summed E-state index contributed by atoms with van der Waals surface area (Å²) in [6.07, 6.45) is -2.75. The standard InChI is InChI=1S/C11H9F3N.C6H9F2NO5S/c12-11(13,14)8-15-7-3-5-9-4-1-2-6-10(9)15;7-6(8,15(11,12)13)5(10)9-1-3-14-4-2-9/h1-7H,8H2;1-4H2,(H,11,12,13)/q+1;/p-1. The van der Waals surface area contributed by atoms with E-state index in [2.05, 4.69) is 0 Å². The number of morpholine rings is 1. The third-order valence-electron chi connectivity index (χ3n) is 4.00. The molecular formula is C17H17F5N2O5S. The molecule has 2 aromatic rings. The van der Waals surface area contributed by atoms with E-state index < -0.39 is 34.0 Å². The first kappa shape index (κ1) is 23.9. The first-order valence-corrected chi connectivity index (χ1v) is 9.88. The van der Waals surface area contributed by atoms with Crippen molar-refractivity contribution in [2.45, 2.75) is 18.0 Å². The van der Waals surface area contributed by atoms with Crippen LogP contribution in [0.3, 0.4) is 0 Å². The lowest BCUT2D eigenvalue weighted by Crippen LogP contribution is -2.51. The van der Waals surface area contributed by atoms with Crippen molar-refractivity contribution < 1.29 is 49.0 Å². The molecule has 1 saturated heterocycles. The normalized spacial score (nSPS) is 15.5. The van der Waals surface area contributed by atoms with Crippen LogP contribution in [0.1, 0.15) is 0 Å². The van der Waals surface area contributed by atoms with Gasteiger partial charge in [-0.05, 0) is 12.1 Å². The summed E-state index contributed by atoms with van der Waals surface area (Å²) < 4.78 is 98.7. The van der Waals surface area contributed by atoms with Gasteiger partial charge in [0.15, 0.2) is 16.3 Å². The molecule has 1 aromatic heterocycles. The Hall–Kier alpha value is -2.38. The van der Waals surface area contributed by atoms with Crippen LogP contribution in [0.2, 0.25) is 0 Å². The number of ether oxygens (including phenoxy) is 1. The van der Waals surface area contributed by atoms with E-state index in [1.54, 1.807) is 36.4 Å². The van der Waals surface area contributed by atoms with E-state index in [4.69, 9.17) is 4.74 Å². The molecule has 2 heterocycles. The van der Waals surface area contributed by atoms with Gasteiger partial charge in [0.1, 0.15) is 0 Å². The molecule has 1 aromatic carbocycles. The van der Waals surface area contributed by atoms with E-state index >= 15 is 0 Å². The Kier molecular flexibility index (Phi) is 7.31. The SMILES string of the molecule is FC(F)(F)C[n+]1cccc2ccccc21.O=C(N1CCOCC1)C(F)(F)S(=O)(=O)[O-]. The molecule has 0 atom stereocenters. The summed E-state index contributed by atoms with van der Waals surface area (Å²) in [5.41, 5.74) is 0.595. The highest BCUT2D eigenvalue weighted by atomic mass is 32.2. The van der Waals surface area contributed by atoms with Gasteiger partial charge < -0.3 is 14.2 Å². The van der Waals surface area contributed by atoms with Crippen LogP contribution >= 0.6 is 0 Å². The Balaban J connectivity index is 0.000000214. The summed E-state index contributed by atoms with van der Waals surface area (Å²) in [6.45, 7) is -1.16. The molecule has 0 saturated carbocycles. The van der Waals surface area contributed by atoms with Crippen molar-refractivity contribution in [3.8, 4) is 0 Å². The molecule has 1 aliphatic heterocycles. The van der Waals surface area contributed by atoms with Gasteiger partial charge in [-0.3, -0.25) is 4.79 Å². The number of aromatic nitrogens is 1. The maximum Gasteiger partial charge on any atom is 0.448 e. The quantitative estimate of drug-likeness (QED) is 0.398. The number of para-hydroxylation sites is 1. The van der Waals surface area contributed by atoms with Gasteiger partial charge >= 0.3 is 17.3 Å². The van der Waals surface area contributed by atoms with Crippen molar-refractivity contribution in [1.82, 2.24) is 4.90 Å². The number of carbonyl (C=O) groups excluding carboxylic acids is 1. The van der Waals surface area contributed by atoms with Gasteiger partial charge in [-0.1, -0.05) is 12.1 Å². The number of pyridine rings is 1. The third kappa shape index (κ3) is 6.06. The topological polar surface area (TPSA) is 90.6 Å². The fourth-order valence-electron chi connectivity index (χ4n) is 2.61. The number of benzene rings is 1. The number of nitrogens with zero attached hydrogens (tertiary/aromatic N) is 2. The van der Waals surface area contributed by atoms with Gasteiger partial charge in [0.05, 0.1) is 13.2 Å². The molecule has 13 heteroatoms. The van der Waals surface area contributed by atoms with E-state index in [0.717, 1.165) is 5.39 Å². The molecule has 0 aliphatic carbocycles. The summed E-state index contributed by atoms with van der Waals surface area (Å²) in [5.74, 6) is -1.99. The summed E-state index contributed by atoms with van der Waals surface area (Å²) in [7, 11) is -5.97. The number of rotatable bonds is 3. The second-order valence-corrected chi connectivity index (χ2v) is 7.61. The van der Waals surface area contributed by atoms with Crippen LogP contribution in [0.4, 0.5) is 22.0 Å². The fourth-order valence-corrected chi connectivity index (χ4v) is 2.95. The average Bonchev–Trinajstić information content (AvgIpc) is 2.67. The minimum Gasteiger partial charge on any atom is -0.743 e. The van der Waals surface area contributed by atoms with E-state index in [1.165, 1.54) is 10.8 Å². The van der Waals surface area contributed by atoms with E-state index in [0.29, 0.717) is 10.4 Å². The maximum atomic E-state index is 12.8. The first-order chi connectivity index (χ1) is 13.8. The number of carbonyl (C=O) groups is 1. The minimum atomic E-state index is -5.97. The van der Waals surface area contributed by atoms with Gasteiger partial charge in [0.25, 0.3) is 0 Å². The van der Waals surface area contributed by atoms with Gasteiger partial charge in [-0.15, -0.1) is 0 Å². The second kappa shape index (κ2) is 9.18. The molecule has 1 amide bonds. The second-order valence-electron chi connectivity index (χ2n) is 6.19. The molecule has 30 heavy (non-hydrogen) atoms. The number of hydrogen-bond acceptors (Lipinski definition) is 5. The summed E-state index contributed by atoms with van der Waals surface area (Å²) in [5, 5.41) is -4.09. The van der Waals surface area contributed by atoms with Gasteiger partial charge in [-0.25, -0.2) is 8.42 Å². The zero-order chi connectivity index (χ0) is 22.6. The van der Waals surface area contributed by atoms with Crippen molar-refractivity contribution >= 4 is 26.9 Å². The van der Waals surface area contributed by atoms with Crippen LogP contribution in [0.15, 0.2) is 42.6 Å². The fraction of sp³-hybridized carbons (Fsp3) is 0.412. The Labute approximate surface area is 168 Å². The van der Waals surface area contributed by atoms with Crippen molar-refractivity contribution in [3.05, 3.63) is 42.6 Å². The summed E-state index contributed by atoms with van der Waals surface area (Å²) >= 11 is 0. The third-order valence-corrected chi connectivity index (χ3v) is 4.80. The Bertz CT molecular complexity index is 986. The van der Waals surface area contributed by atoms with E-state index in [1.807, 2.05) is 0 Å². The zero-order valence-corrected chi connectivity index (χ0v) is 16.1. The minimum absolute atomic E-state index is 0.0424. The predicted octanol–water partition coefficient (Wildman–Crippen LogP) is 1.67. The maximum absolute atomic E-state index is 12.8. The first-order valence-electron chi connectivity index (χ1n) is 8.47. The molecule has 0 radical (unpaired) electrons. The zero-order valence-electron chi connectivity index (χ0n) is 15.3. The number of amides is 1. The number of halogens is 5. The highest BCUT2D eigenvalue weighted by Gasteiger charge is 2.49. The molecular weight excluding hydrogens is 439 g/mol. The molecule has 0 N–H and O–H groups in total. The van der Waals surface area contributed by atoms with Crippen LogP contribution in [-0.4, -0.2) is 61.5 Å². The molecule has 1 aliphatic rings. The average molecular weight is 456 g/mol. The number of fused-ring (bicyclic) bond motifs is 1. The lowest BCUT2D eigenvalue weighted by molar-refractivity contribution is -0.695. The monoisotopic (exact) mass is 456 g/mol. The summed E-state index contributed by atoms with van der Waals surface area (Å²) in [4.78, 5) is 11.6. The highest BCUT2D eigenvalue weighted by molar-refractivity contribution is 7.87. The molecule has 0 unspecified atom stereocenters. The lowest BCUT2D eigenvalue weighted by Gasteiger charge is -2.30. The van der Waals surface area contributed by atoms with Crippen LogP contribution in [-0.2, 0) is 26.2 Å². The largest absolute Gasteiger partial charge is 0.743 e. The Morgan fingerprint density at radius 3 is 2.20 bits per heavy atom. The summed E-state index contributed by atoms with van der Waals surface area (Å²) in [6, 6.07) is 10.4. The van der Waals surface area contributed by atoms with E-state index in [9.17, 15) is 39.7 Å². The van der Waals surface area contributed by atoms with Crippen LogP contribution < -0.4 is 4.57 Å². The molecule has 7 nitrogen and oxygen atoms in total. The van der Waals surface area contributed by atoms with Gasteiger partial charge in [-0.2, -0.15) is 26.5 Å². The number of hydrogen-bond donors (Lipinski definition) is 0. The smallest absolute Gasteiger partial charge is 0.448 e. The molecule has 166 valence electrons. The Morgan fingerprint density at radius 1 is 1.07 bits per heavy atom. The van der Waals surface area contributed by atoms with Crippen molar-refractivity contribution in [3.63, 3.8) is 0 Å². The van der Waals surface area contributed by atoms with Crippen LogP contribution in [0.5, 0.6) is 0 Å². The van der Waals surface area contributed by atoms with Gasteiger partial charge in [0.2, 0.25) is 12.1 Å². The molecule has 0 spiro atoms.